The summed E-state index contributed by atoms with van der Waals surface area (Å²) in [6.45, 7) is 9.52. The largest absolute Gasteiger partial charge is 0.493 e. The summed E-state index contributed by atoms with van der Waals surface area (Å²) in [4.78, 5) is 18.7. The number of benzene rings is 2. The number of carbonyl (C=O) groups excluding carboxylic acids is 1. The number of aryl methyl sites for hydroxylation is 1. The molecule has 1 amide bonds. The van der Waals surface area contributed by atoms with Gasteiger partial charge in [0, 0.05) is 25.5 Å². The van der Waals surface area contributed by atoms with Gasteiger partial charge < -0.3 is 18.9 Å². The van der Waals surface area contributed by atoms with Gasteiger partial charge in [0.1, 0.15) is 6.61 Å². The summed E-state index contributed by atoms with van der Waals surface area (Å²) < 4.78 is 16.8. The normalized spacial score (nSPS) is 11.3. The van der Waals surface area contributed by atoms with Crippen LogP contribution in [0.2, 0.25) is 0 Å². The Morgan fingerprint density at radius 2 is 1.83 bits per heavy atom. The fourth-order valence-corrected chi connectivity index (χ4v) is 3.33. The molecule has 7 heteroatoms. The molecule has 0 fully saturated rings. The van der Waals surface area contributed by atoms with Gasteiger partial charge in [-0.1, -0.05) is 35.5 Å². The molecule has 0 spiro atoms. The van der Waals surface area contributed by atoms with E-state index in [2.05, 4.69) is 10.1 Å². The third-order valence-electron chi connectivity index (χ3n) is 4.51. The molecule has 0 radical (unpaired) electrons. The molecule has 2 aromatic carbocycles. The molecule has 1 aromatic heterocycles. The minimum Gasteiger partial charge on any atom is -0.493 e. The van der Waals surface area contributed by atoms with E-state index in [0.717, 1.165) is 5.56 Å². The number of methoxy groups -OCH3 is 1. The van der Waals surface area contributed by atoms with Crippen molar-refractivity contribution in [3.8, 4) is 22.9 Å². The Morgan fingerprint density at radius 1 is 1.13 bits per heavy atom. The SMILES string of the molecule is COc1cc(-c2noc(C)n2)c(N(C(C)=O)C(C)(C)C)cc1OCc1ccccc1. The first kappa shape index (κ1) is 21.4. The Bertz CT molecular complexity index is 1020. The van der Waals surface area contributed by atoms with Gasteiger partial charge in [0.05, 0.1) is 18.4 Å². The molecule has 0 saturated carbocycles. The third-order valence-corrected chi connectivity index (χ3v) is 4.51. The van der Waals surface area contributed by atoms with E-state index in [1.165, 1.54) is 6.92 Å². The van der Waals surface area contributed by atoms with Crippen LogP contribution in [0.4, 0.5) is 5.69 Å². The van der Waals surface area contributed by atoms with Gasteiger partial charge >= 0.3 is 0 Å². The van der Waals surface area contributed by atoms with Gasteiger partial charge in [0.2, 0.25) is 17.6 Å². The van der Waals surface area contributed by atoms with Crippen LogP contribution >= 0.6 is 0 Å². The molecule has 0 bridgehead atoms. The van der Waals surface area contributed by atoms with E-state index in [9.17, 15) is 4.79 Å². The van der Waals surface area contributed by atoms with Gasteiger partial charge in [-0.3, -0.25) is 4.79 Å². The van der Waals surface area contributed by atoms with Crippen molar-refractivity contribution in [3.05, 3.63) is 53.9 Å². The quantitative estimate of drug-likeness (QED) is 0.583. The van der Waals surface area contributed by atoms with Crippen LogP contribution in [0.1, 0.15) is 39.1 Å². The van der Waals surface area contributed by atoms with Crippen LogP contribution in [0.25, 0.3) is 11.4 Å². The number of aromatic nitrogens is 2. The average Bonchev–Trinajstić information content (AvgIpc) is 3.12. The van der Waals surface area contributed by atoms with Crippen molar-refractivity contribution in [2.45, 2.75) is 46.8 Å². The number of ether oxygens (including phenoxy) is 2. The number of rotatable bonds is 6. The second-order valence-electron chi connectivity index (χ2n) is 7.96. The monoisotopic (exact) mass is 409 g/mol. The molecule has 0 aliphatic rings. The summed E-state index contributed by atoms with van der Waals surface area (Å²) in [6, 6.07) is 13.4. The highest BCUT2D eigenvalue weighted by molar-refractivity contribution is 5.97. The Hall–Kier alpha value is -3.35. The summed E-state index contributed by atoms with van der Waals surface area (Å²) >= 11 is 0. The lowest BCUT2D eigenvalue weighted by molar-refractivity contribution is -0.117. The van der Waals surface area contributed by atoms with E-state index in [0.29, 0.717) is 41.1 Å². The van der Waals surface area contributed by atoms with Crippen molar-refractivity contribution < 1.29 is 18.8 Å². The van der Waals surface area contributed by atoms with Gasteiger partial charge in [-0.2, -0.15) is 4.98 Å². The van der Waals surface area contributed by atoms with Crippen LogP contribution in [-0.4, -0.2) is 28.7 Å². The first-order chi connectivity index (χ1) is 14.2. The Kier molecular flexibility index (Phi) is 6.10. The second kappa shape index (κ2) is 8.57. The standard InChI is InChI=1S/C23H27N3O4/c1-15-24-22(25-30-15)18-12-20(28-6)21(29-14-17-10-8-7-9-11-17)13-19(18)26(16(2)27)23(3,4)5/h7-13H,14H2,1-6H3. The molecule has 3 rings (SSSR count). The lowest BCUT2D eigenvalue weighted by Gasteiger charge is -2.36. The van der Waals surface area contributed by atoms with Gasteiger partial charge in [-0.15, -0.1) is 0 Å². The van der Waals surface area contributed by atoms with E-state index < -0.39 is 5.54 Å². The number of hydrogen-bond acceptors (Lipinski definition) is 6. The molecule has 30 heavy (non-hydrogen) atoms. The first-order valence-electron chi connectivity index (χ1n) is 9.71. The van der Waals surface area contributed by atoms with Crippen molar-refractivity contribution in [2.75, 3.05) is 12.0 Å². The maximum Gasteiger partial charge on any atom is 0.224 e. The molecule has 0 aliphatic heterocycles. The highest BCUT2D eigenvalue weighted by Crippen LogP contribution is 2.42. The van der Waals surface area contributed by atoms with Crippen molar-refractivity contribution in [1.29, 1.82) is 0 Å². The van der Waals surface area contributed by atoms with Gasteiger partial charge in [0.15, 0.2) is 11.5 Å². The molecular formula is C23H27N3O4. The molecule has 0 N–H and O–H groups in total. The zero-order valence-electron chi connectivity index (χ0n) is 18.2. The highest BCUT2D eigenvalue weighted by Gasteiger charge is 2.30. The molecule has 1 heterocycles. The van der Waals surface area contributed by atoms with E-state index in [1.54, 1.807) is 31.1 Å². The molecule has 7 nitrogen and oxygen atoms in total. The van der Waals surface area contributed by atoms with Crippen molar-refractivity contribution in [1.82, 2.24) is 10.1 Å². The van der Waals surface area contributed by atoms with E-state index in [-0.39, 0.29) is 5.91 Å². The number of carbonyl (C=O) groups is 1. The van der Waals surface area contributed by atoms with Crippen LogP contribution < -0.4 is 14.4 Å². The third kappa shape index (κ3) is 4.62. The zero-order valence-corrected chi connectivity index (χ0v) is 18.2. The molecule has 158 valence electrons. The summed E-state index contributed by atoms with van der Waals surface area (Å²) in [5.74, 6) is 1.75. The topological polar surface area (TPSA) is 77.7 Å². The number of anilines is 1. The zero-order chi connectivity index (χ0) is 21.9. The van der Waals surface area contributed by atoms with Crippen LogP contribution in [0, 0.1) is 6.92 Å². The van der Waals surface area contributed by atoms with Gasteiger partial charge in [-0.25, -0.2) is 0 Å². The Labute approximate surface area is 176 Å². The van der Waals surface area contributed by atoms with Crippen molar-refractivity contribution in [3.63, 3.8) is 0 Å². The van der Waals surface area contributed by atoms with Gasteiger partial charge in [0.25, 0.3) is 0 Å². The fraction of sp³-hybridized carbons (Fsp3) is 0.348. The number of amides is 1. The van der Waals surface area contributed by atoms with E-state index >= 15 is 0 Å². The minimum absolute atomic E-state index is 0.108. The molecular weight excluding hydrogens is 382 g/mol. The smallest absolute Gasteiger partial charge is 0.224 e. The summed E-state index contributed by atoms with van der Waals surface area (Å²) in [7, 11) is 1.57. The molecule has 0 unspecified atom stereocenters. The fourth-order valence-electron chi connectivity index (χ4n) is 3.33. The predicted octanol–water partition coefficient (Wildman–Crippen LogP) is 4.78. The summed E-state index contributed by atoms with van der Waals surface area (Å²) in [5, 5.41) is 4.05. The highest BCUT2D eigenvalue weighted by atomic mass is 16.5. The minimum atomic E-state index is -0.481. The lowest BCUT2D eigenvalue weighted by Crippen LogP contribution is -2.45. The molecule has 0 atom stereocenters. The number of nitrogens with zero attached hydrogens (tertiary/aromatic N) is 3. The van der Waals surface area contributed by atoms with E-state index in [4.69, 9.17) is 14.0 Å². The van der Waals surface area contributed by atoms with Crippen molar-refractivity contribution >= 4 is 11.6 Å². The van der Waals surface area contributed by atoms with E-state index in [1.807, 2.05) is 51.1 Å². The lowest BCUT2D eigenvalue weighted by atomic mass is 10.0. The number of hydrogen-bond donors (Lipinski definition) is 0. The maximum absolute atomic E-state index is 12.6. The molecule has 0 aliphatic carbocycles. The van der Waals surface area contributed by atoms with Crippen LogP contribution in [0.15, 0.2) is 47.0 Å². The van der Waals surface area contributed by atoms with Crippen LogP contribution in [-0.2, 0) is 11.4 Å². The summed E-state index contributed by atoms with van der Waals surface area (Å²) in [6.07, 6.45) is 0. The first-order valence-corrected chi connectivity index (χ1v) is 9.71. The van der Waals surface area contributed by atoms with Crippen LogP contribution in [0.3, 0.4) is 0 Å². The maximum atomic E-state index is 12.6. The Balaban J connectivity index is 2.13. The summed E-state index contributed by atoms with van der Waals surface area (Å²) in [5.41, 5.74) is 1.80. The second-order valence-corrected chi connectivity index (χ2v) is 7.96. The predicted molar refractivity (Wildman–Crippen MR) is 115 cm³/mol. The molecule has 3 aromatic rings. The average molecular weight is 409 g/mol. The molecule has 0 saturated heterocycles. The van der Waals surface area contributed by atoms with Crippen molar-refractivity contribution in [2.24, 2.45) is 0 Å². The van der Waals surface area contributed by atoms with Gasteiger partial charge in [-0.05, 0) is 32.4 Å². The van der Waals surface area contributed by atoms with Crippen LogP contribution in [0.5, 0.6) is 11.5 Å². The Morgan fingerprint density at radius 3 is 2.37 bits per heavy atom.